The molecule has 24 heavy (non-hydrogen) atoms. The van der Waals surface area contributed by atoms with Crippen molar-refractivity contribution in [3.05, 3.63) is 28.8 Å². The minimum Gasteiger partial charge on any atom is -0.508 e. The highest BCUT2D eigenvalue weighted by atomic mass is 16.5. The lowest BCUT2D eigenvalue weighted by Crippen LogP contribution is -2.52. The molecule has 0 amide bonds. The summed E-state index contributed by atoms with van der Waals surface area (Å²) in [6, 6.07) is 3.96. The molecular weight excluding hydrogens is 300 g/mol. The zero-order valence-corrected chi connectivity index (χ0v) is 15.6. The van der Waals surface area contributed by atoms with E-state index in [4.69, 9.17) is 4.74 Å². The van der Waals surface area contributed by atoms with Crippen molar-refractivity contribution in [3.63, 3.8) is 0 Å². The third-order valence-corrected chi connectivity index (χ3v) is 6.79. The number of rotatable bonds is 2. The summed E-state index contributed by atoms with van der Waals surface area (Å²) in [5, 5.41) is 10.4. The molecule has 1 N–H and O–H groups in total. The number of phenolic OH excluding ortho intramolecular Hbond substituents is 1. The molecule has 3 rings (SSSR count). The Morgan fingerprint density at radius 3 is 2.62 bits per heavy atom. The van der Waals surface area contributed by atoms with Gasteiger partial charge < -0.3 is 9.84 Å². The predicted molar refractivity (Wildman–Crippen MR) is 95.3 cm³/mol. The van der Waals surface area contributed by atoms with Gasteiger partial charge in [-0.3, -0.25) is 4.79 Å². The third kappa shape index (κ3) is 2.28. The van der Waals surface area contributed by atoms with E-state index >= 15 is 0 Å². The molecule has 1 aromatic carbocycles. The standard InChI is InChI=1S/C21H30O3/c1-13(2)18-14-7-10-17-20(3,15(14)8-9-16(18)22)11-6-12-21(17,4)19(23)24-5/h8-9,13,17,22H,6-7,10-12H2,1-5H3/t17?,20-,21+/m0/s1. The summed E-state index contributed by atoms with van der Waals surface area (Å²) < 4.78 is 5.18. The number of esters is 1. The van der Waals surface area contributed by atoms with Crippen LogP contribution in [0.4, 0.5) is 0 Å². The third-order valence-electron chi connectivity index (χ3n) is 6.79. The largest absolute Gasteiger partial charge is 0.508 e. The fraction of sp³-hybridized carbons (Fsp3) is 0.667. The Morgan fingerprint density at radius 2 is 2.00 bits per heavy atom. The van der Waals surface area contributed by atoms with Crippen LogP contribution in [-0.4, -0.2) is 18.2 Å². The Kier molecular flexibility index (Phi) is 4.17. The van der Waals surface area contributed by atoms with Crippen LogP contribution in [0.3, 0.4) is 0 Å². The lowest BCUT2D eigenvalue weighted by atomic mass is 9.49. The van der Waals surface area contributed by atoms with Crippen LogP contribution in [0, 0.1) is 11.3 Å². The van der Waals surface area contributed by atoms with Gasteiger partial charge in [-0.2, -0.15) is 0 Å². The quantitative estimate of drug-likeness (QED) is 0.800. The van der Waals surface area contributed by atoms with Crippen LogP contribution in [0.5, 0.6) is 5.75 Å². The summed E-state index contributed by atoms with van der Waals surface area (Å²) in [4.78, 5) is 12.6. The van der Waals surface area contributed by atoms with Crippen molar-refractivity contribution in [2.75, 3.05) is 7.11 Å². The highest BCUT2D eigenvalue weighted by molar-refractivity contribution is 5.77. The monoisotopic (exact) mass is 330 g/mol. The first-order valence-corrected chi connectivity index (χ1v) is 9.19. The Hall–Kier alpha value is -1.51. The molecule has 1 fully saturated rings. The number of phenols is 1. The zero-order chi connectivity index (χ0) is 17.7. The predicted octanol–water partition coefficient (Wildman–Crippen LogP) is 4.70. The molecule has 3 atom stereocenters. The van der Waals surface area contributed by atoms with E-state index in [2.05, 4.69) is 33.8 Å². The van der Waals surface area contributed by atoms with Gasteiger partial charge in [0.1, 0.15) is 5.75 Å². The molecule has 3 heteroatoms. The van der Waals surface area contributed by atoms with E-state index in [0.717, 1.165) is 37.7 Å². The first-order chi connectivity index (χ1) is 11.3. The van der Waals surface area contributed by atoms with Gasteiger partial charge in [0.15, 0.2) is 0 Å². The van der Waals surface area contributed by atoms with Crippen molar-refractivity contribution >= 4 is 5.97 Å². The maximum atomic E-state index is 12.6. The van der Waals surface area contributed by atoms with E-state index in [1.165, 1.54) is 18.2 Å². The van der Waals surface area contributed by atoms with Gasteiger partial charge in [-0.1, -0.05) is 33.3 Å². The lowest BCUT2D eigenvalue weighted by molar-refractivity contribution is -0.161. The fourth-order valence-electron chi connectivity index (χ4n) is 5.70. The molecule has 1 unspecified atom stereocenters. The summed E-state index contributed by atoms with van der Waals surface area (Å²) in [5.41, 5.74) is 3.33. The number of methoxy groups -OCH3 is 1. The van der Waals surface area contributed by atoms with Gasteiger partial charge in [0.2, 0.25) is 0 Å². The second-order valence-corrected chi connectivity index (χ2v) is 8.45. The molecule has 0 bridgehead atoms. The number of hydrogen-bond donors (Lipinski definition) is 1. The van der Waals surface area contributed by atoms with Crippen molar-refractivity contribution in [1.82, 2.24) is 0 Å². The first kappa shape index (κ1) is 17.3. The van der Waals surface area contributed by atoms with E-state index in [-0.39, 0.29) is 11.4 Å². The molecule has 0 radical (unpaired) electrons. The van der Waals surface area contributed by atoms with Crippen molar-refractivity contribution in [2.24, 2.45) is 11.3 Å². The van der Waals surface area contributed by atoms with E-state index in [9.17, 15) is 9.90 Å². The smallest absolute Gasteiger partial charge is 0.311 e. The van der Waals surface area contributed by atoms with E-state index in [0.29, 0.717) is 17.6 Å². The molecule has 2 aliphatic rings. The number of carbonyl (C=O) groups is 1. The maximum absolute atomic E-state index is 12.6. The Labute approximate surface area is 145 Å². The molecule has 0 heterocycles. The average molecular weight is 330 g/mol. The van der Waals surface area contributed by atoms with Crippen LogP contribution in [0.15, 0.2) is 12.1 Å². The normalized spacial score (nSPS) is 32.2. The van der Waals surface area contributed by atoms with Crippen LogP contribution >= 0.6 is 0 Å². The summed E-state index contributed by atoms with van der Waals surface area (Å²) in [6.45, 7) is 8.69. The molecule has 132 valence electrons. The number of ether oxygens (including phenoxy) is 1. The van der Waals surface area contributed by atoms with Gasteiger partial charge in [0.25, 0.3) is 0 Å². The number of benzene rings is 1. The second kappa shape index (κ2) is 5.79. The Morgan fingerprint density at radius 1 is 1.29 bits per heavy atom. The maximum Gasteiger partial charge on any atom is 0.311 e. The SMILES string of the molecule is COC(=O)[C@]1(C)CCC[C@@]2(C)c3ccc(O)c(C(C)C)c3CCC12. The molecule has 2 aliphatic carbocycles. The van der Waals surface area contributed by atoms with E-state index in [1.807, 2.05) is 6.07 Å². The van der Waals surface area contributed by atoms with E-state index < -0.39 is 5.41 Å². The highest BCUT2D eigenvalue weighted by Crippen LogP contribution is 2.58. The van der Waals surface area contributed by atoms with Crippen molar-refractivity contribution in [3.8, 4) is 5.75 Å². The van der Waals surface area contributed by atoms with Crippen LogP contribution in [0.1, 0.15) is 76.0 Å². The summed E-state index contributed by atoms with van der Waals surface area (Å²) >= 11 is 0. The second-order valence-electron chi connectivity index (χ2n) is 8.45. The first-order valence-electron chi connectivity index (χ1n) is 9.19. The molecular formula is C21H30O3. The molecule has 0 aromatic heterocycles. The highest BCUT2D eigenvalue weighted by Gasteiger charge is 2.55. The number of carbonyl (C=O) groups excluding carboxylic acids is 1. The van der Waals surface area contributed by atoms with Crippen LogP contribution in [0.25, 0.3) is 0 Å². The zero-order valence-electron chi connectivity index (χ0n) is 15.6. The van der Waals surface area contributed by atoms with E-state index in [1.54, 1.807) is 0 Å². The van der Waals surface area contributed by atoms with Crippen LogP contribution in [0.2, 0.25) is 0 Å². The minimum absolute atomic E-state index is 0.0217. The van der Waals surface area contributed by atoms with Gasteiger partial charge in [-0.25, -0.2) is 0 Å². The van der Waals surface area contributed by atoms with Gasteiger partial charge in [-0.15, -0.1) is 0 Å². The molecule has 3 nitrogen and oxygen atoms in total. The topological polar surface area (TPSA) is 46.5 Å². The van der Waals surface area contributed by atoms with Crippen LogP contribution in [-0.2, 0) is 21.4 Å². The molecule has 0 saturated heterocycles. The summed E-state index contributed by atoms with van der Waals surface area (Å²) in [6.07, 6.45) is 4.96. The fourth-order valence-corrected chi connectivity index (χ4v) is 5.70. The van der Waals surface area contributed by atoms with Crippen molar-refractivity contribution < 1.29 is 14.6 Å². The lowest BCUT2D eigenvalue weighted by Gasteiger charge is -2.54. The number of hydrogen-bond acceptors (Lipinski definition) is 3. The average Bonchev–Trinajstić information content (AvgIpc) is 2.52. The van der Waals surface area contributed by atoms with Gasteiger partial charge in [0.05, 0.1) is 12.5 Å². The molecule has 0 aliphatic heterocycles. The van der Waals surface area contributed by atoms with Gasteiger partial charge in [-0.05, 0) is 72.6 Å². The van der Waals surface area contributed by atoms with Crippen molar-refractivity contribution in [2.45, 2.75) is 71.1 Å². The van der Waals surface area contributed by atoms with Crippen molar-refractivity contribution in [1.29, 1.82) is 0 Å². The Balaban J connectivity index is 2.15. The molecule has 1 saturated carbocycles. The Bertz CT molecular complexity index is 663. The van der Waals surface area contributed by atoms with Gasteiger partial charge in [0, 0.05) is 0 Å². The summed E-state index contributed by atoms with van der Waals surface area (Å²) in [7, 11) is 1.51. The van der Waals surface area contributed by atoms with Gasteiger partial charge >= 0.3 is 5.97 Å². The molecule has 0 spiro atoms. The number of aromatic hydroxyl groups is 1. The minimum atomic E-state index is -0.407. The summed E-state index contributed by atoms with van der Waals surface area (Å²) in [5.74, 6) is 0.945. The van der Waals surface area contributed by atoms with Crippen LogP contribution < -0.4 is 0 Å². The number of fused-ring (bicyclic) bond motifs is 3. The molecule has 1 aromatic rings.